The number of nitrogen functional groups attached to an aromatic ring is 1. The van der Waals surface area contributed by atoms with E-state index in [1.165, 1.54) is 6.33 Å². The number of hydrogen-bond acceptors (Lipinski definition) is 7. The highest BCUT2D eigenvalue weighted by atomic mass is 16.5. The van der Waals surface area contributed by atoms with Gasteiger partial charge in [0.05, 0.1) is 18.8 Å². The summed E-state index contributed by atoms with van der Waals surface area (Å²) in [6.45, 7) is 3.57. The van der Waals surface area contributed by atoms with Gasteiger partial charge in [-0.25, -0.2) is 4.98 Å². The van der Waals surface area contributed by atoms with Crippen LogP contribution in [0.15, 0.2) is 6.33 Å². The zero-order valence-corrected chi connectivity index (χ0v) is 11.1. The van der Waals surface area contributed by atoms with E-state index in [2.05, 4.69) is 15.3 Å². The number of aromatic nitrogens is 2. The van der Waals surface area contributed by atoms with Crippen molar-refractivity contribution in [1.82, 2.24) is 9.97 Å². The Hall–Kier alpha value is -1.60. The summed E-state index contributed by atoms with van der Waals surface area (Å²) in [5.41, 5.74) is 5.90. The highest BCUT2D eigenvalue weighted by Gasteiger charge is 2.33. The number of aliphatic hydroxyl groups is 1. The number of nitrogens with two attached hydrogens (primary N) is 1. The van der Waals surface area contributed by atoms with Gasteiger partial charge in [-0.2, -0.15) is 4.98 Å². The number of anilines is 2. The fourth-order valence-electron chi connectivity index (χ4n) is 2.07. The molecule has 2 rings (SSSR count). The van der Waals surface area contributed by atoms with Gasteiger partial charge in [0.25, 0.3) is 0 Å². The Morgan fingerprint density at radius 2 is 2.21 bits per heavy atom. The lowest BCUT2D eigenvalue weighted by Gasteiger charge is -2.37. The lowest BCUT2D eigenvalue weighted by molar-refractivity contribution is 0.0378. The van der Waals surface area contributed by atoms with Crippen LogP contribution in [0.4, 0.5) is 11.5 Å². The molecule has 1 aromatic heterocycles. The van der Waals surface area contributed by atoms with Crippen LogP contribution in [-0.4, -0.2) is 47.0 Å². The van der Waals surface area contributed by atoms with Crippen molar-refractivity contribution in [1.29, 1.82) is 0 Å². The SMILES string of the molecule is CCOc1ncnc(NC2(CO)CCOCC2)c1N. The Morgan fingerprint density at radius 1 is 1.47 bits per heavy atom. The third-order valence-electron chi connectivity index (χ3n) is 3.26. The average molecular weight is 268 g/mol. The van der Waals surface area contributed by atoms with Crippen molar-refractivity contribution in [3.63, 3.8) is 0 Å². The highest BCUT2D eigenvalue weighted by molar-refractivity contribution is 5.67. The fraction of sp³-hybridized carbons (Fsp3) is 0.667. The first-order valence-electron chi connectivity index (χ1n) is 6.41. The summed E-state index contributed by atoms with van der Waals surface area (Å²) in [7, 11) is 0. The van der Waals surface area contributed by atoms with Crippen LogP contribution in [0.3, 0.4) is 0 Å². The van der Waals surface area contributed by atoms with Crippen molar-refractivity contribution in [3.05, 3.63) is 6.33 Å². The molecule has 0 radical (unpaired) electrons. The first kappa shape index (κ1) is 13.8. The number of rotatable bonds is 5. The van der Waals surface area contributed by atoms with Crippen molar-refractivity contribution >= 4 is 11.5 Å². The van der Waals surface area contributed by atoms with Gasteiger partial charge < -0.3 is 25.6 Å². The second-order valence-corrected chi connectivity index (χ2v) is 4.55. The molecule has 0 aromatic carbocycles. The first-order valence-corrected chi connectivity index (χ1v) is 6.41. The van der Waals surface area contributed by atoms with Crippen molar-refractivity contribution < 1.29 is 14.6 Å². The second kappa shape index (κ2) is 6.03. The predicted octanol–water partition coefficient (Wildman–Crippen LogP) is 0.411. The van der Waals surface area contributed by atoms with E-state index < -0.39 is 5.54 Å². The lowest BCUT2D eigenvalue weighted by atomic mass is 9.91. The largest absolute Gasteiger partial charge is 0.476 e. The van der Waals surface area contributed by atoms with E-state index in [0.717, 1.165) is 0 Å². The molecule has 1 aliphatic heterocycles. The summed E-state index contributed by atoms with van der Waals surface area (Å²) in [5, 5.41) is 12.9. The van der Waals surface area contributed by atoms with E-state index in [1.54, 1.807) is 0 Å². The van der Waals surface area contributed by atoms with Gasteiger partial charge in [-0.3, -0.25) is 0 Å². The molecule has 0 spiro atoms. The minimum absolute atomic E-state index is 0.00374. The zero-order chi connectivity index (χ0) is 13.7. The standard InChI is InChI=1S/C12H20N4O3/c1-2-19-11-9(13)10(14-8-15-11)16-12(7-17)3-5-18-6-4-12/h8,17H,2-7,13H2,1H3,(H,14,15,16). The molecule has 2 heterocycles. The maximum atomic E-state index is 9.63. The van der Waals surface area contributed by atoms with Gasteiger partial charge in [0.15, 0.2) is 5.82 Å². The lowest BCUT2D eigenvalue weighted by Crippen LogP contribution is -2.47. The van der Waals surface area contributed by atoms with Crippen LogP contribution in [-0.2, 0) is 4.74 Å². The van der Waals surface area contributed by atoms with Crippen molar-refractivity contribution in [2.75, 3.05) is 37.5 Å². The smallest absolute Gasteiger partial charge is 0.242 e. The topological polar surface area (TPSA) is 103 Å². The van der Waals surface area contributed by atoms with Crippen molar-refractivity contribution in [2.24, 2.45) is 0 Å². The van der Waals surface area contributed by atoms with Crippen molar-refractivity contribution in [2.45, 2.75) is 25.3 Å². The third kappa shape index (κ3) is 3.05. The molecule has 1 aliphatic rings. The van der Waals surface area contributed by atoms with Crippen molar-refractivity contribution in [3.8, 4) is 5.88 Å². The fourth-order valence-corrected chi connectivity index (χ4v) is 2.07. The maximum absolute atomic E-state index is 9.63. The molecule has 19 heavy (non-hydrogen) atoms. The van der Waals surface area contributed by atoms with Gasteiger partial charge in [-0.05, 0) is 19.8 Å². The molecule has 0 saturated carbocycles. The monoisotopic (exact) mass is 268 g/mol. The molecule has 106 valence electrons. The number of aliphatic hydroxyl groups excluding tert-OH is 1. The Bertz CT molecular complexity index is 421. The summed E-state index contributed by atoms with van der Waals surface area (Å²) in [6, 6.07) is 0. The summed E-state index contributed by atoms with van der Waals surface area (Å²) in [5.74, 6) is 0.856. The van der Waals surface area contributed by atoms with E-state index in [-0.39, 0.29) is 6.61 Å². The van der Waals surface area contributed by atoms with Crippen LogP contribution in [0.1, 0.15) is 19.8 Å². The molecule has 7 nitrogen and oxygen atoms in total. The molecule has 0 atom stereocenters. The van der Waals surface area contributed by atoms with Crippen LogP contribution in [0.25, 0.3) is 0 Å². The van der Waals surface area contributed by atoms with E-state index >= 15 is 0 Å². The van der Waals surface area contributed by atoms with Crippen LogP contribution < -0.4 is 15.8 Å². The normalized spacial score (nSPS) is 18.0. The number of hydrogen-bond donors (Lipinski definition) is 3. The van der Waals surface area contributed by atoms with E-state index in [4.69, 9.17) is 15.2 Å². The molecule has 1 saturated heterocycles. The molecule has 0 aliphatic carbocycles. The molecule has 0 unspecified atom stereocenters. The van der Waals surface area contributed by atoms with Gasteiger partial charge in [-0.15, -0.1) is 0 Å². The first-order chi connectivity index (χ1) is 9.21. The Labute approximate surface area is 112 Å². The minimum atomic E-state index is -0.440. The van der Waals surface area contributed by atoms with Crippen LogP contribution in [0, 0.1) is 0 Å². The van der Waals surface area contributed by atoms with Gasteiger partial charge in [0, 0.05) is 13.2 Å². The molecular weight excluding hydrogens is 248 g/mol. The Morgan fingerprint density at radius 3 is 2.84 bits per heavy atom. The average Bonchev–Trinajstić information content (AvgIpc) is 2.45. The van der Waals surface area contributed by atoms with Crippen LogP contribution >= 0.6 is 0 Å². The third-order valence-corrected chi connectivity index (χ3v) is 3.26. The number of ether oxygens (including phenoxy) is 2. The quantitative estimate of drug-likeness (QED) is 0.710. The van der Waals surface area contributed by atoms with Crippen LogP contribution in [0.5, 0.6) is 5.88 Å². The number of nitrogens with one attached hydrogen (secondary N) is 1. The zero-order valence-electron chi connectivity index (χ0n) is 11.1. The Kier molecular flexibility index (Phi) is 4.39. The maximum Gasteiger partial charge on any atom is 0.242 e. The molecular formula is C12H20N4O3. The summed E-state index contributed by atoms with van der Waals surface area (Å²) >= 11 is 0. The summed E-state index contributed by atoms with van der Waals surface area (Å²) < 4.78 is 10.6. The summed E-state index contributed by atoms with van der Waals surface area (Å²) in [6.07, 6.45) is 2.81. The highest BCUT2D eigenvalue weighted by Crippen LogP contribution is 2.30. The molecule has 1 fully saturated rings. The Balaban J connectivity index is 2.19. The number of nitrogens with zero attached hydrogens (tertiary/aromatic N) is 2. The molecule has 7 heteroatoms. The molecule has 1 aromatic rings. The minimum Gasteiger partial charge on any atom is -0.476 e. The van der Waals surface area contributed by atoms with E-state index in [9.17, 15) is 5.11 Å². The molecule has 0 bridgehead atoms. The molecule has 0 amide bonds. The molecule has 4 N–H and O–H groups in total. The van der Waals surface area contributed by atoms with E-state index in [0.29, 0.717) is 50.0 Å². The van der Waals surface area contributed by atoms with Gasteiger partial charge in [-0.1, -0.05) is 0 Å². The predicted molar refractivity (Wildman–Crippen MR) is 71.1 cm³/mol. The van der Waals surface area contributed by atoms with Crippen LogP contribution in [0.2, 0.25) is 0 Å². The summed E-state index contributed by atoms with van der Waals surface area (Å²) in [4.78, 5) is 8.11. The second-order valence-electron chi connectivity index (χ2n) is 4.55. The van der Waals surface area contributed by atoms with Gasteiger partial charge in [0.2, 0.25) is 5.88 Å². The van der Waals surface area contributed by atoms with E-state index in [1.807, 2.05) is 6.92 Å². The van der Waals surface area contributed by atoms with Gasteiger partial charge in [0.1, 0.15) is 12.0 Å². The van der Waals surface area contributed by atoms with Gasteiger partial charge >= 0.3 is 0 Å².